The molecule has 0 heterocycles. The van der Waals surface area contributed by atoms with Gasteiger partial charge in [0, 0.05) is 26.2 Å². The molecule has 0 fully saturated rings. The standard InChI is InChI=1S/C18H31N3O3/c1-6-19-18(21-14(2)13-22-3)20-11-7-8-15-9-10-16(23-4)17(12-15)24-5/h9-10,12,14H,6-8,11,13H2,1-5H3,(H2,19,20,21). The Hall–Kier alpha value is -1.95. The van der Waals surface area contributed by atoms with Gasteiger partial charge in [-0.1, -0.05) is 6.07 Å². The molecule has 0 amide bonds. The van der Waals surface area contributed by atoms with E-state index in [1.165, 1.54) is 5.56 Å². The Morgan fingerprint density at radius 3 is 2.54 bits per heavy atom. The van der Waals surface area contributed by atoms with Crippen molar-refractivity contribution in [2.24, 2.45) is 4.99 Å². The summed E-state index contributed by atoms with van der Waals surface area (Å²) in [6, 6.07) is 6.25. The van der Waals surface area contributed by atoms with E-state index in [2.05, 4.69) is 35.5 Å². The maximum absolute atomic E-state index is 5.34. The number of ether oxygens (including phenoxy) is 3. The highest BCUT2D eigenvalue weighted by molar-refractivity contribution is 5.80. The fourth-order valence-electron chi connectivity index (χ4n) is 2.36. The van der Waals surface area contributed by atoms with Crippen molar-refractivity contribution in [3.8, 4) is 11.5 Å². The van der Waals surface area contributed by atoms with Gasteiger partial charge in [0.05, 0.1) is 20.8 Å². The van der Waals surface area contributed by atoms with Crippen molar-refractivity contribution in [2.75, 3.05) is 41.0 Å². The minimum Gasteiger partial charge on any atom is -0.493 e. The molecule has 6 heteroatoms. The summed E-state index contributed by atoms with van der Waals surface area (Å²) in [7, 11) is 5.00. The Labute approximate surface area is 145 Å². The number of aryl methyl sites for hydroxylation is 1. The quantitative estimate of drug-likeness (QED) is 0.389. The van der Waals surface area contributed by atoms with Gasteiger partial charge in [-0.3, -0.25) is 4.99 Å². The number of aliphatic imine (C=N–C) groups is 1. The number of nitrogens with one attached hydrogen (secondary N) is 2. The number of methoxy groups -OCH3 is 3. The van der Waals surface area contributed by atoms with Crippen LogP contribution in [-0.4, -0.2) is 53.0 Å². The maximum Gasteiger partial charge on any atom is 0.191 e. The first-order valence-corrected chi connectivity index (χ1v) is 8.39. The molecule has 0 bridgehead atoms. The Morgan fingerprint density at radius 1 is 1.17 bits per heavy atom. The van der Waals surface area contributed by atoms with Crippen LogP contribution in [0.3, 0.4) is 0 Å². The van der Waals surface area contributed by atoms with Crippen LogP contribution in [0.1, 0.15) is 25.8 Å². The zero-order chi connectivity index (χ0) is 17.8. The average Bonchev–Trinajstić information content (AvgIpc) is 2.58. The zero-order valence-corrected chi connectivity index (χ0v) is 15.5. The molecule has 6 nitrogen and oxygen atoms in total. The van der Waals surface area contributed by atoms with Crippen molar-refractivity contribution in [1.29, 1.82) is 0 Å². The van der Waals surface area contributed by atoms with Crippen LogP contribution in [0.2, 0.25) is 0 Å². The number of rotatable bonds is 10. The summed E-state index contributed by atoms with van der Waals surface area (Å²) in [5.41, 5.74) is 1.22. The first-order chi connectivity index (χ1) is 11.6. The minimum absolute atomic E-state index is 0.221. The van der Waals surface area contributed by atoms with Crippen LogP contribution in [0, 0.1) is 0 Å². The molecule has 24 heavy (non-hydrogen) atoms. The molecule has 0 aliphatic carbocycles. The highest BCUT2D eigenvalue weighted by Gasteiger charge is 2.05. The second-order valence-electron chi connectivity index (χ2n) is 5.55. The minimum atomic E-state index is 0.221. The topological polar surface area (TPSA) is 64.1 Å². The third kappa shape index (κ3) is 7.08. The average molecular weight is 337 g/mol. The highest BCUT2D eigenvalue weighted by atomic mass is 16.5. The Kier molecular flexibility index (Phi) is 9.68. The zero-order valence-electron chi connectivity index (χ0n) is 15.5. The van der Waals surface area contributed by atoms with E-state index in [4.69, 9.17) is 14.2 Å². The lowest BCUT2D eigenvalue weighted by Gasteiger charge is -2.17. The summed E-state index contributed by atoms with van der Waals surface area (Å²) >= 11 is 0. The highest BCUT2D eigenvalue weighted by Crippen LogP contribution is 2.27. The predicted octanol–water partition coefficient (Wildman–Crippen LogP) is 2.23. The van der Waals surface area contributed by atoms with Crippen LogP contribution < -0.4 is 20.1 Å². The predicted molar refractivity (Wildman–Crippen MR) is 98.3 cm³/mol. The van der Waals surface area contributed by atoms with Gasteiger partial charge in [0.25, 0.3) is 0 Å². The number of benzene rings is 1. The van der Waals surface area contributed by atoms with E-state index in [1.807, 2.05) is 12.1 Å². The maximum atomic E-state index is 5.34. The molecule has 1 aromatic carbocycles. The first-order valence-electron chi connectivity index (χ1n) is 8.39. The van der Waals surface area contributed by atoms with Crippen LogP contribution in [-0.2, 0) is 11.2 Å². The van der Waals surface area contributed by atoms with Crippen molar-refractivity contribution >= 4 is 5.96 Å². The van der Waals surface area contributed by atoms with Gasteiger partial charge in [0.15, 0.2) is 17.5 Å². The van der Waals surface area contributed by atoms with Crippen molar-refractivity contribution in [3.63, 3.8) is 0 Å². The van der Waals surface area contributed by atoms with E-state index in [1.54, 1.807) is 21.3 Å². The number of nitrogens with zero attached hydrogens (tertiary/aromatic N) is 1. The summed E-state index contributed by atoms with van der Waals surface area (Å²) < 4.78 is 15.7. The van der Waals surface area contributed by atoms with Crippen LogP contribution >= 0.6 is 0 Å². The summed E-state index contributed by atoms with van der Waals surface area (Å²) in [6.07, 6.45) is 1.90. The lowest BCUT2D eigenvalue weighted by Crippen LogP contribution is -2.44. The lowest BCUT2D eigenvalue weighted by molar-refractivity contribution is 0.179. The smallest absolute Gasteiger partial charge is 0.191 e. The normalized spacial score (nSPS) is 12.6. The third-order valence-electron chi connectivity index (χ3n) is 3.49. The molecule has 0 saturated carbocycles. The molecule has 1 atom stereocenters. The van der Waals surface area contributed by atoms with Gasteiger partial charge in [-0.25, -0.2) is 0 Å². The van der Waals surface area contributed by atoms with Crippen LogP contribution in [0.25, 0.3) is 0 Å². The Balaban J connectivity index is 2.51. The van der Waals surface area contributed by atoms with E-state index in [9.17, 15) is 0 Å². The van der Waals surface area contributed by atoms with E-state index >= 15 is 0 Å². The summed E-state index contributed by atoms with van der Waals surface area (Å²) in [5.74, 6) is 2.35. The van der Waals surface area contributed by atoms with E-state index in [0.717, 1.165) is 43.4 Å². The molecule has 0 aromatic heterocycles. The van der Waals surface area contributed by atoms with E-state index in [-0.39, 0.29) is 6.04 Å². The van der Waals surface area contributed by atoms with Crippen molar-refractivity contribution in [2.45, 2.75) is 32.7 Å². The van der Waals surface area contributed by atoms with Crippen molar-refractivity contribution in [1.82, 2.24) is 10.6 Å². The van der Waals surface area contributed by atoms with Gasteiger partial charge in [0.2, 0.25) is 0 Å². The lowest BCUT2D eigenvalue weighted by atomic mass is 10.1. The molecule has 1 rings (SSSR count). The molecule has 1 unspecified atom stereocenters. The van der Waals surface area contributed by atoms with Crippen LogP contribution in [0.15, 0.2) is 23.2 Å². The summed E-state index contributed by atoms with van der Waals surface area (Å²) in [5, 5.41) is 6.58. The van der Waals surface area contributed by atoms with Crippen molar-refractivity contribution < 1.29 is 14.2 Å². The first kappa shape index (κ1) is 20.1. The van der Waals surface area contributed by atoms with Gasteiger partial charge >= 0.3 is 0 Å². The Bertz CT molecular complexity index is 506. The van der Waals surface area contributed by atoms with E-state index < -0.39 is 0 Å². The van der Waals surface area contributed by atoms with Crippen molar-refractivity contribution in [3.05, 3.63) is 23.8 Å². The molecule has 0 aliphatic rings. The fraction of sp³-hybridized carbons (Fsp3) is 0.611. The van der Waals surface area contributed by atoms with Crippen LogP contribution in [0.4, 0.5) is 0 Å². The molecule has 136 valence electrons. The van der Waals surface area contributed by atoms with Crippen LogP contribution in [0.5, 0.6) is 11.5 Å². The summed E-state index contributed by atoms with van der Waals surface area (Å²) in [4.78, 5) is 4.61. The molecular weight excluding hydrogens is 306 g/mol. The monoisotopic (exact) mass is 337 g/mol. The molecule has 0 saturated heterocycles. The summed E-state index contributed by atoms with van der Waals surface area (Å²) in [6.45, 7) is 6.36. The molecule has 1 aromatic rings. The van der Waals surface area contributed by atoms with Gasteiger partial charge in [-0.15, -0.1) is 0 Å². The van der Waals surface area contributed by atoms with Gasteiger partial charge < -0.3 is 24.8 Å². The number of hydrogen-bond acceptors (Lipinski definition) is 4. The van der Waals surface area contributed by atoms with Gasteiger partial charge in [-0.2, -0.15) is 0 Å². The van der Waals surface area contributed by atoms with E-state index in [0.29, 0.717) is 6.61 Å². The Morgan fingerprint density at radius 2 is 1.92 bits per heavy atom. The SMILES string of the molecule is CCNC(=NCCCc1ccc(OC)c(OC)c1)NC(C)COC. The molecule has 0 radical (unpaired) electrons. The molecule has 0 spiro atoms. The number of guanidine groups is 1. The second-order valence-corrected chi connectivity index (χ2v) is 5.55. The largest absolute Gasteiger partial charge is 0.493 e. The van der Waals surface area contributed by atoms with Gasteiger partial charge in [0.1, 0.15) is 0 Å². The number of hydrogen-bond donors (Lipinski definition) is 2. The molecular formula is C18H31N3O3. The van der Waals surface area contributed by atoms with Gasteiger partial charge in [-0.05, 0) is 44.4 Å². The fourth-order valence-corrected chi connectivity index (χ4v) is 2.36. The third-order valence-corrected chi connectivity index (χ3v) is 3.49. The second kappa shape index (κ2) is 11.6. The molecule has 0 aliphatic heterocycles. The molecule has 2 N–H and O–H groups in total.